The summed E-state index contributed by atoms with van der Waals surface area (Å²) in [5.41, 5.74) is 5.65. The summed E-state index contributed by atoms with van der Waals surface area (Å²) in [6.45, 7) is 1.97. The number of amides is 3. The number of nitrogens with zero attached hydrogens (tertiary/aromatic N) is 1. The van der Waals surface area contributed by atoms with Crippen LogP contribution in [0.4, 0.5) is 0 Å². The van der Waals surface area contributed by atoms with Crippen molar-refractivity contribution in [1.82, 2.24) is 16.1 Å². The molecule has 0 aliphatic carbocycles. The molecule has 200 valence electrons. The molecule has 0 unspecified atom stereocenters. The van der Waals surface area contributed by atoms with Crippen molar-refractivity contribution in [2.45, 2.75) is 13.5 Å². The number of ether oxygens (including phenoxy) is 1. The number of hydrazone groups is 1. The molecular weight excluding hydrogens is 536 g/mol. The summed E-state index contributed by atoms with van der Waals surface area (Å²) in [6, 6.07) is 17.4. The van der Waals surface area contributed by atoms with Gasteiger partial charge in [0.1, 0.15) is 11.5 Å². The molecule has 0 radical (unpaired) electrons. The van der Waals surface area contributed by atoms with Crippen LogP contribution < -0.4 is 20.8 Å². The fourth-order valence-electron chi connectivity index (χ4n) is 3.58. The third-order valence-electron chi connectivity index (χ3n) is 5.78. The molecule has 0 saturated heterocycles. The van der Waals surface area contributed by atoms with E-state index in [0.717, 1.165) is 28.2 Å². The Morgan fingerprint density at radius 2 is 1.59 bits per heavy atom. The molecule has 0 aliphatic rings. The second-order valence-electron chi connectivity index (χ2n) is 8.32. The molecule has 3 amide bonds. The highest BCUT2D eigenvalue weighted by Crippen LogP contribution is 2.39. The van der Waals surface area contributed by atoms with Crippen molar-refractivity contribution in [3.8, 4) is 21.9 Å². The number of hydrogen-bond acceptors (Lipinski definition) is 8. The van der Waals surface area contributed by atoms with Crippen molar-refractivity contribution in [2.24, 2.45) is 5.10 Å². The van der Waals surface area contributed by atoms with Gasteiger partial charge in [0.25, 0.3) is 17.7 Å². The van der Waals surface area contributed by atoms with Crippen LogP contribution in [-0.2, 0) is 6.54 Å². The number of thiophene rings is 2. The second kappa shape index (κ2) is 12.4. The fraction of sp³-hybridized carbons (Fsp3) is 0.143. The standard InChI is InChI=1S/C28H26N4O5S2/c1-16(21-15-38-25(24(21)33)18-8-10-20(37-3)11-9-18)31-32-28(36)23-13-12-22(39-23)27(35)30-14-17-4-6-19(7-5-17)26(34)29-2/h4-13,15,33H,14H2,1-3H3,(H,29,34)(H,30,35)(H,32,36)/b31-16+. The van der Waals surface area contributed by atoms with Gasteiger partial charge in [-0.3, -0.25) is 14.4 Å². The van der Waals surface area contributed by atoms with Crippen molar-refractivity contribution in [1.29, 1.82) is 0 Å². The van der Waals surface area contributed by atoms with Gasteiger partial charge in [0.05, 0.1) is 33.0 Å². The van der Waals surface area contributed by atoms with E-state index < -0.39 is 5.91 Å². The number of nitrogens with one attached hydrogen (secondary N) is 3. The maximum atomic E-state index is 12.6. The van der Waals surface area contributed by atoms with E-state index in [1.165, 1.54) is 11.3 Å². The summed E-state index contributed by atoms with van der Waals surface area (Å²) < 4.78 is 5.18. The van der Waals surface area contributed by atoms with Gasteiger partial charge in [0, 0.05) is 24.5 Å². The lowest BCUT2D eigenvalue weighted by Gasteiger charge is -2.05. The predicted octanol–water partition coefficient (Wildman–Crippen LogP) is 4.63. The molecule has 9 nitrogen and oxygen atoms in total. The molecule has 2 aromatic heterocycles. The first-order valence-electron chi connectivity index (χ1n) is 11.8. The van der Waals surface area contributed by atoms with Gasteiger partial charge in [0.15, 0.2) is 0 Å². The van der Waals surface area contributed by atoms with Crippen LogP contribution in [-0.4, -0.2) is 42.7 Å². The van der Waals surface area contributed by atoms with Crippen LogP contribution in [0.3, 0.4) is 0 Å². The van der Waals surface area contributed by atoms with Crippen molar-refractivity contribution in [3.05, 3.63) is 92.5 Å². The molecule has 0 bridgehead atoms. The molecular formula is C28H26N4O5S2. The Bertz CT molecular complexity index is 1520. The Labute approximate surface area is 233 Å². The van der Waals surface area contributed by atoms with Gasteiger partial charge in [-0.1, -0.05) is 12.1 Å². The monoisotopic (exact) mass is 562 g/mol. The molecule has 0 atom stereocenters. The highest BCUT2D eigenvalue weighted by molar-refractivity contribution is 7.16. The van der Waals surface area contributed by atoms with Crippen LogP contribution in [0.5, 0.6) is 11.5 Å². The van der Waals surface area contributed by atoms with Gasteiger partial charge in [-0.25, -0.2) is 5.43 Å². The maximum absolute atomic E-state index is 12.6. The molecule has 0 spiro atoms. The van der Waals surface area contributed by atoms with Crippen LogP contribution in [0.1, 0.15) is 47.8 Å². The molecule has 0 saturated carbocycles. The van der Waals surface area contributed by atoms with E-state index in [1.54, 1.807) is 62.9 Å². The number of methoxy groups -OCH3 is 1. The van der Waals surface area contributed by atoms with Crippen molar-refractivity contribution >= 4 is 46.1 Å². The minimum atomic E-state index is -0.465. The van der Waals surface area contributed by atoms with E-state index >= 15 is 0 Å². The lowest BCUT2D eigenvalue weighted by molar-refractivity contribution is 0.0948. The number of aromatic hydroxyl groups is 1. The summed E-state index contributed by atoms with van der Waals surface area (Å²) in [6.07, 6.45) is 0. The topological polar surface area (TPSA) is 129 Å². The summed E-state index contributed by atoms with van der Waals surface area (Å²) in [5.74, 6) is -0.158. The summed E-state index contributed by atoms with van der Waals surface area (Å²) in [4.78, 5) is 38.2. The molecule has 11 heteroatoms. The van der Waals surface area contributed by atoms with Gasteiger partial charge >= 0.3 is 0 Å². The maximum Gasteiger partial charge on any atom is 0.281 e. The van der Waals surface area contributed by atoms with Crippen molar-refractivity contribution in [2.75, 3.05) is 14.2 Å². The fourth-order valence-corrected chi connectivity index (χ4v) is 5.40. The van der Waals surface area contributed by atoms with Gasteiger partial charge in [-0.2, -0.15) is 5.10 Å². The molecule has 39 heavy (non-hydrogen) atoms. The Balaban J connectivity index is 1.35. The lowest BCUT2D eigenvalue weighted by atomic mass is 10.1. The molecule has 4 rings (SSSR count). The summed E-state index contributed by atoms with van der Waals surface area (Å²) >= 11 is 2.41. The highest BCUT2D eigenvalue weighted by Gasteiger charge is 2.17. The quantitative estimate of drug-likeness (QED) is 0.175. The minimum Gasteiger partial charge on any atom is -0.506 e. The number of rotatable bonds is 9. The molecule has 0 fully saturated rings. The average molecular weight is 563 g/mol. The van der Waals surface area contributed by atoms with E-state index in [1.807, 2.05) is 24.3 Å². The third-order valence-corrected chi connectivity index (χ3v) is 7.88. The minimum absolute atomic E-state index is 0.0824. The van der Waals surface area contributed by atoms with Gasteiger partial charge in [-0.15, -0.1) is 22.7 Å². The smallest absolute Gasteiger partial charge is 0.281 e. The third kappa shape index (κ3) is 6.51. The molecule has 2 aromatic carbocycles. The summed E-state index contributed by atoms with van der Waals surface area (Å²) in [5, 5.41) is 22.0. The Morgan fingerprint density at radius 3 is 2.23 bits per heavy atom. The van der Waals surface area contributed by atoms with Gasteiger partial charge < -0.3 is 20.5 Å². The Hall–Kier alpha value is -4.48. The molecule has 0 aliphatic heterocycles. The normalized spacial score (nSPS) is 11.1. The van der Waals surface area contributed by atoms with E-state index in [0.29, 0.717) is 31.5 Å². The van der Waals surface area contributed by atoms with Crippen LogP contribution in [0.2, 0.25) is 0 Å². The SMILES string of the molecule is CNC(=O)c1ccc(CNC(=O)c2ccc(C(=O)N/N=C(\C)c3csc(-c4ccc(OC)cc4)c3O)s2)cc1. The molecule has 4 N–H and O–H groups in total. The van der Waals surface area contributed by atoms with E-state index in [-0.39, 0.29) is 24.1 Å². The largest absolute Gasteiger partial charge is 0.506 e. The van der Waals surface area contributed by atoms with E-state index in [9.17, 15) is 19.5 Å². The number of carbonyl (C=O) groups is 3. The van der Waals surface area contributed by atoms with Crippen molar-refractivity contribution < 1.29 is 24.2 Å². The second-order valence-corrected chi connectivity index (χ2v) is 10.3. The van der Waals surface area contributed by atoms with Gasteiger partial charge in [-0.05, 0) is 66.6 Å². The highest BCUT2D eigenvalue weighted by atomic mass is 32.1. The Morgan fingerprint density at radius 1 is 0.923 bits per heavy atom. The number of hydrogen-bond donors (Lipinski definition) is 4. The lowest BCUT2D eigenvalue weighted by Crippen LogP contribution is -2.22. The number of benzene rings is 2. The molecule has 2 heterocycles. The van der Waals surface area contributed by atoms with Crippen LogP contribution >= 0.6 is 22.7 Å². The zero-order valence-corrected chi connectivity index (χ0v) is 23.0. The zero-order chi connectivity index (χ0) is 27.9. The van der Waals surface area contributed by atoms with E-state index in [4.69, 9.17) is 4.74 Å². The first-order chi connectivity index (χ1) is 18.8. The summed E-state index contributed by atoms with van der Waals surface area (Å²) in [7, 11) is 3.15. The van der Waals surface area contributed by atoms with Crippen LogP contribution in [0.15, 0.2) is 71.1 Å². The molecule has 4 aromatic rings. The zero-order valence-electron chi connectivity index (χ0n) is 21.4. The first-order valence-corrected chi connectivity index (χ1v) is 13.5. The first kappa shape index (κ1) is 27.6. The van der Waals surface area contributed by atoms with Gasteiger partial charge in [0.2, 0.25) is 0 Å². The van der Waals surface area contributed by atoms with Crippen LogP contribution in [0.25, 0.3) is 10.4 Å². The van der Waals surface area contributed by atoms with E-state index in [2.05, 4.69) is 21.2 Å². The Kier molecular flexibility index (Phi) is 8.74. The average Bonchev–Trinajstić information content (AvgIpc) is 3.62. The van der Waals surface area contributed by atoms with Crippen molar-refractivity contribution in [3.63, 3.8) is 0 Å². The number of carbonyl (C=O) groups excluding carboxylic acids is 3. The predicted molar refractivity (Wildman–Crippen MR) is 153 cm³/mol. The van der Waals surface area contributed by atoms with Crippen LogP contribution in [0, 0.1) is 0 Å².